The van der Waals surface area contributed by atoms with Gasteiger partial charge in [-0.25, -0.2) is 4.79 Å². The smallest absolute Gasteiger partial charge is 0.321 e. The molecule has 22 heavy (non-hydrogen) atoms. The molecular weight excluding hydrogens is 278 g/mol. The predicted molar refractivity (Wildman–Crippen MR) is 91.0 cm³/mol. The first-order valence-corrected chi connectivity index (χ1v) is 8.18. The van der Waals surface area contributed by atoms with Crippen molar-refractivity contribution < 1.29 is 9.53 Å². The zero-order chi connectivity index (χ0) is 15.9. The van der Waals surface area contributed by atoms with Crippen molar-refractivity contribution in [3.05, 3.63) is 18.2 Å². The predicted octanol–water partition coefficient (Wildman–Crippen LogP) is 3.56. The number of ether oxygens (including phenoxy) is 1. The summed E-state index contributed by atoms with van der Waals surface area (Å²) in [6.07, 6.45) is 3.76. The van der Waals surface area contributed by atoms with E-state index in [4.69, 9.17) is 4.74 Å². The van der Waals surface area contributed by atoms with Crippen LogP contribution in [-0.2, 0) is 0 Å². The minimum Gasteiger partial charge on any atom is -0.495 e. The highest BCUT2D eigenvalue weighted by molar-refractivity contribution is 5.91. The van der Waals surface area contributed by atoms with Crippen LogP contribution in [0.15, 0.2) is 18.2 Å². The molecule has 5 heteroatoms. The maximum Gasteiger partial charge on any atom is 0.321 e. The average molecular weight is 305 g/mol. The average Bonchev–Trinajstić information content (AvgIpc) is 2.56. The molecule has 0 unspecified atom stereocenters. The van der Waals surface area contributed by atoms with Gasteiger partial charge >= 0.3 is 6.03 Å². The number of benzene rings is 1. The van der Waals surface area contributed by atoms with E-state index < -0.39 is 0 Å². The molecule has 0 aliphatic carbocycles. The van der Waals surface area contributed by atoms with Gasteiger partial charge in [-0.1, -0.05) is 0 Å². The Bertz CT molecular complexity index is 495. The molecule has 122 valence electrons. The highest BCUT2D eigenvalue weighted by atomic mass is 16.5. The van der Waals surface area contributed by atoms with Crippen LogP contribution in [-0.4, -0.2) is 44.2 Å². The maximum atomic E-state index is 12.3. The van der Waals surface area contributed by atoms with Gasteiger partial charge in [0.25, 0.3) is 0 Å². The lowest BCUT2D eigenvalue weighted by atomic mass is 10.1. The number of carbonyl (C=O) groups is 1. The molecule has 0 bridgehead atoms. The minimum atomic E-state index is -0.0842. The van der Waals surface area contributed by atoms with Crippen LogP contribution in [0.25, 0.3) is 0 Å². The van der Waals surface area contributed by atoms with Crippen molar-refractivity contribution in [1.82, 2.24) is 4.90 Å². The van der Waals surface area contributed by atoms with E-state index in [0.717, 1.165) is 24.5 Å². The lowest BCUT2D eigenvalue weighted by Gasteiger charge is -2.29. The number of hydrogen-bond acceptors (Lipinski definition) is 3. The van der Waals surface area contributed by atoms with E-state index in [1.165, 1.54) is 19.3 Å². The summed E-state index contributed by atoms with van der Waals surface area (Å²) in [6, 6.07) is 5.93. The van der Waals surface area contributed by atoms with Crippen molar-refractivity contribution in [3.8, 4) is 5.75 Å². The van der Waals surface area contributed by atoms with Gasteiger partial charge in [-0.2, -0.15) is 0 Å². The Morgan fingerprint density at radius 1 is 1.23 bits per heavy atom. The first kappa shape index (κ1) is 16.5. The lowest BCUT2D eigenvalue weighted by molar-refractivity contribution is 0.217. The quantitative estimate of drug-likeness (QED) is 0.904. The molecule has 1 aromatic carbocycles. The Kier molecular flexibility index (Phi) is 5.92. The van der Waals surface area contributed by atoms with E-state index in [9.17, 15) is 4.79 Å². The molecule has 0 atom stereocenters. The Morgan fingerprint density at radius 2 is 1.91 bits per heavy atom. The van der Waals surface area contributed by atoms with Crippen LogP contribution in [0.4, 0.5) is 16.2 Å². The van der Waals surface area contributed by atoms with Crippen molar-refractivity contribution in [3.63, 3.8) is 0 Å². The van der Waals surface area contributed by atoms with Crippen LogP contribution in [0.2, 0.25) is 0 Å². The molecule has 2 amide bonds. The van der Waals surface area contributed by atoms with E-state index in [1.807, 2.05) is 26.0 Å². The molecule has 0 spiro atoms. The topological polar surface area (TPSA) is 44.8 Å². The van der Waals surface area contributed by atoms with Gasteiger partial charge in [-0.15, -0.1) is 0 Å². The molecule has 1 saturated heterocycles. The third kappa shape index (κ3) is 3.84. The van der Waals surface area contributed by atoms with E-state index in [2.05, 4.69) is 16.3 Å². The Labute approximate surface area is 133 Å². The summed E-state index contributed by atoms with van der Waals surface area (Å²) in [6.45, 7) is 7.49. The number of rotatable bonds is 5. The van der Waals surface area contributed by atoms with E-state index >= 15 is 0 Å². The second-order valence-corrected chi connectivity index (χ2v) is 5.53. The van der Waals surface area contributed by atoms with E-state index in [0.29, 0.717) is 18.8 Å². The SMILES string of the molecule is CCN(CC)C(=O)Nc1cc(N2CCCCC2)ccc1OC. The largest absolute Gasteiger partial charge is 0.495 e. The van der Waals surface area contributed by atoms with Gasteiger partial charge in [-0.3, -0.25) is 0 Å². The molecule has 2 rings (SSSR count). The fraction of sp³-hybridized carbons (Fsp3) is 0.588. The fourth-order valence-corrected chi connectivity index (χ4v) is 2.85. The number of amides is 2. The van der Waals surface area contributed by atoms with Crippen LogP contribution in [0.5, 0.6) is 5.75 Å². The third-order valence-electron chi connectivity index (χ3n) is 4.20. The molecule has 1 aromatic rings. The summed E-state index contributed by atoms with van der Waals surface area (Å²) in [5.41, 5.74) is 1.89. The zero-order valence-corrected chi connectivity index (χ0v) is 13.9. The number of piperidine rings is 1. The van der Waals surface area contributed by atoms with Gasteiger partial charge in [-0.05, 0) is 51.3 Å². The maximum absolute atomic E-state index is 12.3. The highest BCUT2D eigenvalue weighted by Gasteiger charge is 2.16. The van der Waals surface area contributed by atoms with Gasteiger partial charge < -0.3 is 19.9 Å². The third-order valence-corrected chi connectivity index (χ3v) is 4.20. The second-order valence-electron chi connectivity index (χ2n) is 5.53. The molecule has 0 saturated carbocycles. The van der Waals surface area contributed by atoms with Crippen molar-refractivity contribution in [2.45, 2.75) is 33.1 Å². The van der Waals surface area contributed by atoms with Crippen LogP contribution >= 0.6 is 0 Å². The summed E-state index contributed by atoms with van der Waals surface area (Å²) in [5.74, 6) is 0.696. The molecule has 1 aliphatic heterocycles. The summed E-state index contributed by atoms with van der Waals surface area (Å²) < 4.78 is 5.38. The van der Waals surface area contributed by atoms with Crippen molar-refractivity contribution in [1.29, 1.82) is 0 Å². The summed E-state index contributed by atoms with van der Waals surface area (Å²) >= 11 is 0. The molecule has 1 heterocycles. The summed E-state index contributed by atoms with van der Waals surface area (Å²) in [4.78, 5) is 16.4. The van der Waals surface area contributed by atoms with Crippen LogP contribution in [0, 0.1) is 0 Å². The van der Waals surface area contributed by atoms with Crippen molar-refractivity contribution in [2.24, 2.45) is 0 Å². The molecule has 1 N–H and O–H groups in total. The minimum absolute atomic E-state index is 0.0842. The monoisotopic (exact) mass is 305 g/mol. The first-order valence-electron chi connectivity index (χ1n) is 8.18. The van der Waals surface area contributed by atoms with Crippen LogP contribution in [0.3, 0.4) is 0 Å². The number of carbonyl (C=O) groups excluding carboxylic acids is 1. The van der Waals surface area contributed by atoms with Crippen LogP contribution < -0.4 is 15.0 Å². The summed E-state index contributed by atoms with van der Waals surface area (Å²) in [7, 11) is 1.63. The fourth-order valence-electron chi connectivity index (χ4n) is 2.85. The Balaban J connectivity index is 2.18. The van der Waals surface area contributed by atoms with Gasteiger partial charge in [0.2, 0.25) is 0 Å². The number of anilines is 2. The van der Waals surface area contributed by atoms with Gasteiger partial charge in [0.1, 0.15) is 5.75 Å². The normalized spacial score (nSPS) is 14.6. The number of nitrogens with one attached hydrogen (secondary N) is 1. The molecule has 1 aliphatic rings. The number of methoxy groups -OCH3 is 1. The molecule has 0 radical (unpaired) electrons. The zero-order valence-electron chi connectivity index (χ0n) is 13.9. The number of urea groups is 1. The Morgan fingerprint density at radius 3 is 2.50 bits per heavy atom. The van der Waals surface area contributed by atoms with Crippen LogP contribution in [0.1, 0.15) is 33.1 Å². The first-order chi connectivity index (χ1) is 10.7. The number of nitrogens with zero attached hydrogens (tertiary/aromatic N) is 2. The van der Waals surface area contributed by atoms with Gasteiger partial charge in [0.05, 0.1) is 12.8 Å². The lowest BCUT2D eigenvalue weighted by Crippen LogP contribution is -2.34. The summed E-state index contributed by atoms with van der Waals surface area (Å²) in [5, 5.41) is 2.98. The number of hydrogen-bond donors (Lipinski definition) is 1. The van der Waals surface area contributed by atoms with E-state index in [-0.39, 0.29) is 6.03 Å². The Hall–Kier alpha value is -1.91. The van der Waals surface area contributed by atoms with Crippen molar-refractivity contribution in [2.75, 3.05) is 43.5 Å². The van der Waals surface area contributed by atoms with E-state index in [1.54, 1.807) is 12.0 Å². The molecule has 1 fully saturated rings. The standard InChI is InChI=1S/C17H27N3O2/c1-4-19(5-2)17(21)18-15-13-14(9-10-16(15)22-3)20-11-7-6-8-12-20/h9-10,13H,4-8,11-12H2,1-3H3,(H,18,21). The van der Waals surface area contributed by atoms with Crippen molar-refractivity contribution >= 4 is 17.4 Å². The molecule has 5 nitrogen and oxygen atoms in total. The molecule has 0 aromatic heterocycles. The second kappa shape index (κ2) is 7.92. The molecular formula is C17H27N3O2. The van der Waals surface area contributed by atoms with Gasteiger partial charge in [0.15, 0.2) is 0 Å². The highest BCUT2D eigenvalue weighted by Crippen LogP contribution is 2.31. The van der Waals surface area contributed by atoms with Gasteiger partial charge in [0, 0.05) is 31.9 Å².